The molecule has 0 aliphatic carbocycles. The second-order valence-electron chi connectivity index (χ2n) is 2.68. The molecule has 0 aromatic heterocycles. The van der Waals surface area contributed by atoms with Crippen LogP contribution in [0.1, 0.15) is 5.56 Å². The molecule has 1 aromatic rings. The fraction of sp³-hybridized carbons (Fsp3) is 0.250. The van der Waals surface area contributed by atoms with Gasteiger partial charge in [0.25, 0.3) is 0 Å². The van der Waals surface area contributed by atoms with Gasteiger partial charge in [-0.2, -0.15) is 13.2 Å². The predicted octanol–water partition coefficient (Wildman–Crippen LogP) is 0.972. The van der Waals surface area contributed by atoms with E-state index in [1.165, 1.54) is 13.2 Å². The van der Waals surface area contributed by atoms with E-state index in [0.717, 1.165) is 12.1 Å². The molecule has 0 amide bonds. The normalized spacial score (nSPS) is 11.4. The van der Waals surface area contributed by atoms with Crippen LogP contribution in [0.25, 0.3) is 0 Å². The topological polar surface area (TPSA) is 9.23 Å². The van der Waals surface area contributed by atoms with Gasteiger partial charge in [-0.15, -0.1) is 0 Å². The highest BCUT2D eigenvalue weighted by molar-refractivity contribution is 6.34. The molecule has 0 radical (unpaired) electrons. The van der Waals surface area contributed by atoms with E-state index in [9.17, 15) is 13.2 Å². The molecule has 13 heavy (non-hydrogen) atoms. The third-order valence-corrected chi connectivity index (χ3v) is 1.74. The largest absolute Gasteiger partial charge is 0.497 e. The molecule has 0 atom stereocenters. The average molecular weight is 188 g/mol. The second kappa shape index (κ2) is 3.32. The van der Waals surface area contributed by atoms with Crippen molar-refractivity contribution in [3.05, 3.63) is 23.8 Å². The van der Waals surface area contributed by atoms with Crippen LogP contribution in [0.15, 0.2) is 18.2 Å². The van der Waals surface area contributed by atoms with Crippen molar-refractivity contribution >= 4 is 13.3 Å². The first kappa shape index (κ1) is 9.96. The molecule has 0 saturated heterocycles. The van der Waals surface area contributed by atoms with Gasteiger partial charge in [-0.05, 0) is 11.5 Å². The van der Waals surface area contributed by atoms with Crippen LogP contribution in [0.3, 0.4) is 0 Å². The lowest BCUT2D eigenvalue weighted by atomic mass is 9.94. The number of hydrogen-bond acceptors (Lipinski definition) is 1. The summed E-state index contributed by atoms with van der Waals surface area (Å²) < 4.78 is 41.3. The lowest BCUT2D eigenvalue weighted by Gasteiger charge is -2.10. The van der Waals surface area contributed by atoms with Crippen molar-refractivity contribution in [2.75, 3.05) is 7.11 Å². The van der Waals surface area contributed by atoms with Crippen molar-refractivity contribution in [1.29, 1.82) is 0 Å². The van der Waals surface area contributed by atoms with E-state index in [4.69, 9.17) is 4.74 Å². The highest BCUT2D eigenvalue weighted by atomic mass is 19.4. The van der Waals surface area contributed by atoms with Gasteiger partial charge in [-0.25, -0.2) is 0 Å². The molecule has 0 spiro atoms. The van der Waals surface area contributed by atoms with Gasteiger partial charge >= 0.3 is 6.18 Å². The average Bonchev–Trinajstić information content (AvgIpc) is 2.03. The number of ether oxygens (including phenoxy) is 1. The van der Waals surface area contributed by atoms with Gasteiger partial charge in [0, 0.05) is 0 Å². The fourth-order valence-electron chi connectivity index (χ4n) is 0.996. The number of hydrogen-bond donors (Lipinski definition) is 0. The van der Waals surface area contributed by atoms with Crippen molar-refractivity contribution in [1.82, 2.24) is 0 Å². The molecule has 5 heteroatoms. The highest BCUT2D eigenvalue weighted by Gasteiger charge is 2.30. The Morgan fingerprint density at radius 1 is 1.31 bits per heavy atom. The number of rotatable bonds is 1. The third-order valence-electron chi connectivity index (χ3n) is 1.74. The van der Waals surface area contributed by atoms with Crippen molar-refractivity contribution in [3.63, 3.8) is 0 Å². The summed E-state index contributed by atoms with van der Waals surface area (Å²) in [5.74, 6) is 0.259. The Labute approximate surface area is 74.9 Å². The first-order chi connectivity index (χ1) is 5.95. The van der Waals surface area contributed by atoms with Crippen molar-refractivity contribution < 1.29 is 17.9 Å². The van der Waals surface area contributed by atoms with Gasteiger partial charge in [0.2, 0.25) is 0 Å². The molecular formula is C8H8BF3O. The summed E-state index contributed by atoms with van der Waals surface area (Å²) >= 11 is 0. The molecule has 0 N–H and O–H groups in total. The molecule has 1 rings (SSSR count). The Balaban J connectivity index is 3.14. The lowest BCUT2D eigenvalue weighted by molar-refractivity contribution is -0.137. The minimum Gasteiger partial charge on any atom is -0.497 e. The van der Waals surface area contributed by atoms with Crippen LogP contribution in [-0.4, -0.2) is 15.0 Å². The van der Waals surface area contributed by atoms with E-state index in [0.29, 0.717) is 5.46 Å². The van der Waals surface area contributed by atoms with Crippen LogP contribution in [0.5, 0.6) is 5.75 Å². The Kier molecular flexibility index (Phi) is 2.54. The van der Waals surface area contributed by atoms with E-state index < -0.39 is 11.7 Å². The second-order valence-corrected chi connectivity index (χ2v) is 2.68. The molecule has 1 nitrogen and oxygen atoms in total. The first-order valence-corrected chi connectivity index (χ1v) is 3.67. The minimum atomic E-state index is -4.30. The Hall–Kier alpha value is -1.13. The van der Waals surface area contributed by atoms with Gasteiger partial charge < -0.3 is 4.74 Å². The zero-order chi connectivity index (χ0) is 10.1. The molecule has 0 aliphatic rings. The SMILES string of the molecule is Bc1ccc(C(F)(F)F)cc1OC. The minimum absolute atomic E-state index is 0.259. The van der Waals surface area contributed by atoms with Gasteiger partial charge in [0.1, 0.15) is 13.6 Å². The molecule has 1 aromatic carbocycles. The van der Waals surface area contributed by atoms with Crippen molar-refractivity contribution in [2.24, 2.45) is 0 Å². The predicted molar refractivity (Wildman–Crippen MR) is 46.2 cm³/mol. The summed E-state index contributed by atoms with van der Waals surface area (Å²) in [6.07, 6.45) is -4.30. The van der Waals surface area contributed by atoms with Crippen LogP contribution in [0, 0.1) is 0 Å². The van der Waals surface area contributed by atoms with Gasteiger partial charge in [-0.3, -0.25) is 0 Å². The first-order valence-electron chi connectivity index (χ1n) is 3.67. The molecule has 0 aliphatic heterocycles. The van der Waals surface area contributed by atoms with Gasteiger partial charge in [-0.1, -0.05) is 12.1 Å². The maximum Gasteiger partial charge on any atom is 0.416 e. The Morgan fingerprint density at radius 3 is 2.38 bits per heavy atom. The number of methoxy groups -OCH3 is 1. The summed E-state index contributed by atoms with van der Waals surface area (Å²) in [7, 11) is 3.04. The molecule has 70 valence electrons. The molecule has 0 heterocycles. The maximum atomic E-state index is 12.2. The van der Waals surface area contributed by atoms with Gasteiger partial charge in [0.05, 0.1) is 12.7 Å². The van der Waals surface area contributed by atoms with Gasteiger partial charge in [0.15, 0.2) is 0 Å². The molecule has 0 fully saturated rings. The van der Waals surface area contributed by atoms with E-state index in [1.54, 1.807) is 7.85 Å². The number of alkyl halides is 3. The monoisotopic (exact) mass is 188 g/mol. The smallest absolute Gasteiger partial charge is 0.416 e. The summed E-state index contributed by atoms with van der Waals surface area (Å²) in [5.41, 5.74) is 0.00505. The fourth-order valence-corrected chi connectivity index (χ4v) is 0.996. The quantitative estimate of drug-likeness (QED) is 0.596. The van der Waals surface area contributed by atoms with Crippen molar-refractivity contribution in [3.8, 4) is 5.75 Å². The van der Waals surface area contributed by atoms with E-state index in [1.807, 2.05) is 0 Å². The van der Waals surface area contributed by atoms with Crippen molar-refractivity contribution in [2.45, 2.75) is 6.18 Å². The van der Waals surface area contributed by atoms with Crippen LogP contribution in [0.2, 0.25) is 0 Å². The lowest BCUT2D eigenvalue weighted by Crippen LogP contribution is -2.11. The standard InChI is InChI=1S/C8H8BF3O/c1-13-7-4-5(8(10,11)12)2-3-6(7)9/h2-4H,9H2,1H3. The number of benzene rings is 1. The zero-order valence-corrected chi connectivity index (χ0v) is 7.27. The summed E-state index contributed by atoms with van der Waals surface area (Å²) in [6, 6.07) is 3.43. The Morgan fingerprint density at radius 2 is 1.92 bits per heavy atom. The zero-order valence-electron chi connectivity index (χ0n) is 7.27. The van der Waals surface area contributed by atoms with Crippen LogP contribution >= 0.6 is 0 Å². The molecule has 0 unspecified atom stereocenters. The third kappa shape index (κ3) is 2.17. The van der Waals surface area contributed by atoms with E-state index >= 15 is 0 Å². The highest BCUT2D eigenvalue weighted by Crippen LogP contribution is 2.30. The van der Waals surface area contributed by atoms with Crippen LogP contribution in [-0.2, 0) is 6.18 Å². The van der Waals surface area contributed by atoms with E-state index in [-0.39, 0.29) is 5.75 Å². The molecular weight excluding hydrogens is 180 g/mol. The summed E-state index contributed by atoms with van der Waals surface area (Å²) in [4.78, 5) is 0. The van der Waals surface area contributed by atoms with Crippen LogP contribution in [0.4, 0.5) is 13.2 Å². The van der Waals surface area contributed by atoms with E-state index in [2.05, 4.69) is 0 Å². The molecule has 0 bridgehead atoms. The molecule has 0 saturated carbocycles. The maximum absolute atomic E-state index is 12.2. The number of halogens is 3. The summed E-state index contributed by atoms with van der Waals surface area (Å²) in [5, 5.41) is 0. The van der Waals surface area contributed by atoms with Crippen LogP contribution < -0.4 is 10.2 Å². The Bertz CT molecular complexity index is 309. The summed E-state index contributed by atoms with van der Waals surface area (Å²) in [6.45, 7) is 0.